The van der Waals surface area contributed by atoms with Gasteiger partial charge in [-0.1, -0.05) is 39.5 Å². The highest BCUT2D eigenvalue weighted by molar-refractivity contribution is 5.27. The second kappa shape index (κ2) is 10.5. The van der Waals surface area contributed by atoms with Crippen molar-refractivity contribution in [1.82, 2.24) is 0 Å². The maximum atomic E-state index is 14.4. The van der Waals surface area contributed by atoms with E-state index in [9.17, 15) is 17.6 Å². The summed E-state index contributed by atoms with van der Waals surface area (Å²) in [5, 5.41) is 0. The SMILES string of the molecule is CCCC1CCC(/C(F)=C(F)/C(F)=C(\F)C2CCC(CCC)CC2)CC1. The van der Waals surface area contributed by atoms with Crippen LogP contribution in [0.25, 0.3) is 0 Å². The van der Waals surface area contributed by atoms with Crippen molar-refractivity contribution in [3.63, 3.8) is 0 Å². The van der Waals surface area contributed by atoms with Crippen LogP contribution in [0.4, 0.5) is 17.6 Å². The summed E-state index contributed by atoms with van der Waals surface area (Å²) in [7, 11) is 0. The van der Waals surface area contributed by atoms with Crippen LogP contribution in [0.1, 0.15) is 90.9 Å². The lowest BCUT2D eigenvalue weighted by Gasteiger charge is -2.28. The van der Waals surface area contributed by atoms with Crippen LogP contribution >= 0.6 is 0 Å². The molecular weight excluding hydrogens is 340 g/mol. The quantitative estimate of drug-likeness (QED) is 0.309. The van der Waals surface area contributed by atoms with Gasteiger partial charge >= 0.3 is 0 Å². The van der Waals surface area contributed by atoms with E-state index in [2.05, 4.69) is 13.8 Å². The van der Waals surface area contributed by atoms with Gasteiger partial charge in [0.2, 0.25) is 0 Å². The van der Waals surface area contributed by atoms with Crippen LogP contribution < -0.4 is 0 Å². The fraction of sp³-hybridized carbons (Fsp3) is 0.818. The van der Waals surface area contributed by atoms with E-state index in [0.29, 0.717) is 37.5 Å². The molecule has 0 saturated heterocycles. The first kappa shape index (κ1) is 21.5. The molecule has 0 heterocycles. The van der Waals surface area contributed by atoms with Gasteiger partial charge in [0.1, 0.15) is 11.7 Å². The first-order chi connectivity index (χ1) is 12.5. The summed E-state index contributed by atoms with van der Waals surface area (Å²) in [5.74, 6) is -5.40. The molecule has 2 saturated carbocycles. The Morgan fingerprint density at radius 2 is 0.885 bits per heavy atom. The molecule has 0 aromatic heterocycles. The Labute approximate surface area is 156 Å². The highest BCUT2D eigenvalue weighted by Gasteiger charge is 2.31. The second-order valence-corrected chi connectivity index (χ2v) is 8.34. The van der Waals surface area contributed by atoms with Crippen molar-refractivity contribution in [3.8, 4) is 0 Å². The van der Waals surface area contributed by atoms with Gasteiger partial charge in [-0.2, -0.15) is 0 Å². The van der Waals surface area contributed by atoms with Gasteiger partial charge in [-0.05, 0) is 63.2 Å². The summed E-state index contributed by atoms with van der Waals surface area (Å²) >= 11 is 0. The molecule has 2 aliphatic rings. The second-order valence-electron chi connectivity index (χ2n) is 8.34. The minimum Gasteiger partial charge on any atom is -0.208 e. The molecule has 0 radical (unpaired) electrons. The van der Waals surface area contributed by atoms with E-state index in [0.717, 1.165) is 51.4 Å². The van der Waals surface area contributed by atoms with Crippen molar-refractivity contribution >= 4 is 0 Å². The minimum atomic E-state index is -1.59. The monoisotopic (exact) mass is 374 g/mol. The van der Waals surface area contributed by atoms with Crippen LogP contribution in [0.3, 0.4) is 0 Å². The lowest BCUT2D eigenvalue weighted by atomic mass is 9.78. The molecule has 0 unspecified atom stereocenters. The van der Waals surface area contributed by atoms with Crippen LogP contribution in [-0.4, -0.2) is 0 Å². The van der Waals surface area contributed by atoms with E-state index >= 15 is 0 Å². The highest BCUT2D eigenvalue weighted by atomic mass is 19.2. The summed E-state index contributed by atoms with van der Waals surface area (Å²) < 4.78 is 57.3. The molecule has 4 heteroatoms. The molecule has 150 valence electrons. The fourth-order valence-corrected chi connectivity index (χ4v) is 4.79. The van der Waals surface area contributed by atoms with E-state index in [-0.39, 0.29) is 0 Å². The Kier molecular flexibility index (Phi) is 8.69. The molecule has 0 aliphatic heterocycles. The van der Waals surface area contributed by atoms with E-state index in [1.165, 1.54) is 0 Å². The molecule has 0 spiro atoms. The first-order valence-electron chi connectivity index (χ1n) is 10.6. The van der Waals surface area contributed by atoms with Crippen LogP contribution in [0.2, 0.25) is 0 Å². The van der Waals surface area contributed by atoms with Crippen molar-refractivity contribution in [1.29, 1.82) is 0 Å². The Bertz CT molecular complexity index is 446. The molecule has 2 aliphatic carbocycles. The Morgan fingerprint density at radius 1 is 0.577 bits per heavy atom. The normalized spacial score (nSPS) is 32.1. The van der Waals surface area contributed by atoms with Crippen LogP contribution in [0.15, 0.2) is 23.3 Å². The van der Waals surface area contributed by atoms with Gasteiger partial charge in [-0.25, -0.2) is 17.6 Å². The molecule has 2 rings (SSSR count). The molecule has 0 aromatic rings. The van der Waals surface area contributed by atoms with Gasteiger partial charge in [0.05, 0.1) is 0 Å². The average molecular weight is 375 g/mol. The maximum Gasteiger partial charge on any atom is 0.193 e. The summed E-state index contributed by atoms with van der Waals surface area (Å²) in [4.78, 5) is 0. The van der Waals surface area contributed by atoms with E-state index in [1.807, 2.05) is 0 Å². The zero-order valence-corrected chi connectivity index (χ0v) is 16.3. The topological polar surface area (TPSA) is 0 Å². The zero-order chi connectivity index (χ0) is 19.1. The van der Waals surface area contributed by atoms with Gasteiger partial charge in [-0.15, -0.1) is 0 Å². The summed E-state index contributed by atoms with van der Waals surface area (Å²) in [6.45, 7) is 4.23. The number of hydrogen-bond donors (Lipinski definition) is 0. The van der Waals surface area contributed by atoms with Crippen LogP contribution in [0, 0.1) is 23.7 Å². The third-order valence-electron chi connectivity index (χ3n) is 6.42. The van der Waals surface area contributed by atoms with E-state index < -0.39 is 35.1 Å². The third kappa shape index (κ3) is 5.60. The van der Waals surface area contributed by atoms with Crippen molar-refractivity contribution < 1.29 is 17.6 Å². The van der Waals surface area contributed by atoms with Gasteiger partial charge in [0.25, 0.3) is 0 Å². The molecular formula is C22H34F4. The predicted octanol–water partition coefficient (Wildman–Crippen LogP) is 8.50. The average Bonchev–Trinajstić information content (AvgIpc) is 2.67. The predicted molar refractivity (Wildman–Crippen MR) is 99.2 cm³/mol. The molecule has 26 heavy (non-hydrogen) atoms. The fourth-order valence-electron chi connectivity index (χ4n) is 4.79. The smallest absolute Gasteiger partial charge is 0.193 e. The molecule has 0 aromatic carbocycles. The van der Waals surface area contributed by atoms with Crippen LogP contribution in [0.5, 0.6) is 0 Å². The van der Waals surface area contributed by atoms with Gasteiger partial charge in [-0.3, -0.25) is 0 Å². The number of rotatable bonds is 7. The zero-order valence-electron chi connectivity index (χ0n) is 16.3. The molecule has 0 amide bonds. The summed E-state index contributed by atoms with van der Waals surface area (Å²) in [6, 6.07) is 0. The molecule has 0 atom stereocenters. The van der Waals surface area contributed by atoms with Crippen molar-refractivity contribution in [2.45, 2.75) is 90.9 Å². The highest BCUT2D eigenvalue weighted by Crippen LogP contribution is 2.42. The van der Waals surface area contributed by atoms with Crippen molar-refractivity contribution in [2.24, 2.45) is 23.7 Å². The largest absolute Gasteiger partial charge is 0.208 e. The van der Waals surface area contributed by atoms with Gasteiger partial charge in [0.15, 0.2) is 11.7 Å². The maximum absolute atomic E-state index is 14.4. The van der Waals surface area contributed by atoms with Gasteiger partial charge in [0, 0.05) is 11.8 Å². The van der Waals surface area contributed by atoms with Crippen molar-refractivity contribution in [3.05, 3.63) is 23.3 Å². The van der Waals surface area contributed by atoms with Crippen molar-refractivity contribution in [2.75, 3.05) is 0 Å². The molecule has 0 nitrogen and oxygen atoms in total. The van der Waals surface area contributed by atoms with E-state index in [4.69, 9.17) is 0 Å². The molecule has 0 bridgehead atoms. The summed E-state index contributed by atoms with van der Waals surface area (Å²) in [6.07, 6.45) is 9.86. The van der Waals surface area contributed by atoms with Gasteiger partial charge < -0.3 is 0 Å². The van der Waals surface area contributed by atoms with E-state index in [1.54, 1.807) is 0 Å². The Morgan fingerprint density at radius 3 is 1.15 bits per heavy atom. The third-order valence-corrected chi connectivity index (χ3v) is 6.42. The molecule has 0 N–H and O–H groups in total. The standard InChI is InChI=1S/C22H34F4/c1-3-5-15-7-11-17(12-8-15)19(23)21(25)22(26)20(24)18-13-9-16(6-4-2)10-14-18/h15-18H,3-14H2,1-2H3/b21-19+,22-20+. The Hall–Kier alpha value is -0.800. The summed E-state index contributed by atoms with van der Waals surface area (Å²) in [5.41, 5.74) is 0. The first-order valence-corrected chi connectivity index (χ1v) is 10.6. The number of hydrogen-bond acceptors (Lipinski definition) is 0. The molecule has 2 fully saturated rings. The van der Waals surface area contributed by atoms with Crippen LogP contribution in [-0.2, 0) is 0 Å². The lowest BCUT2D eigenvalue weighted by Crippen LogP contribution is -2.17. The number of halogens is 4. The lowest BCUT2D eigenvalue weighted by molar-refractivity contribution is 0.247. The minimum absolute atomic E-state index is 0.529. The Balaban J connectivity index is 1.98. The number of allylic oxidation sites excluding steroid dienone is 4.